The molecule has 3 heterocycles. The largest absolute Gasteiger partial charge is 0.354 e. The molecule has 1 aromatic carbocycles. The first-order valence-electron chi connectivity index (χ1n) is 12.9. The first-order chi connectivity index (χ1) is 17.6. The zero-order valence-corrected chi connectivity index (χ0v) is 21.2. The average molecular weight is 484 g/mol. The molecule has 0 bridgehead atoms. The molecule has 36 heavy (non-hydrogen) atoms. The third kappa shape index (κ3) is 5.31. The number of aromatic nitrogens is 4. The van der Waals surface area contributed by atoms with Gasteiger partial charge in [-0.1, -0.05) is 49.7 Å². The number of hydrogen-bond donors (Lipinski definition) is 2. The van der Waals surface area contributed by atoms with Gasteiger partial charge in [-0.3, -0.25) is 9.78 Å². The molecule has 0 saturated heterocycles. The van der Waals surface area contributed by atoms with E-state index in [0.29, 0.717) is 23.2 Å². The average Bonchev–Trinajstić information content (AvgIpc) is 3.61. The summed E-state index contributed by atoms with van der Waals surface area (Å²) in [6, 6.07) is 12.9. The second kappa shape index (κ2) is 10.6. The quantitative estimate of drug-likeness (QED) is 0.287. The standard InChI is InChI=1S/C29H33N5O2/c1-4-6-20(5-2)24-13-22(16-32-29(24)35)26-17-30-18(3)28(33-26)27-14-25(34-36-27)21-9-7-19(8-10-21)15-31-23-11-12-23/h7-10,13-14,16-17,20,23,31H,4-6,11-12,15H2,1-3H3,(H,32,35). The van der Waals surface area contributed by atoms with E-state index in [1.165, 1.54) is 18.4 Å². The van der Waals surface area contributed by atoms with Crippen LogP contribution in [0.15, 0.2) is 58.1 Å². The number of aryl methyl sites for hydroxylation is 1. The van der Waals surface area contributed by atoms with Gasteiger partial charge in [-0.05, 0) is 50.2 Å². The van der Waals surface area contributed by atoms with Gasteiger partial charge in [0.1, 0.15) is 11.4 Å². The minimum Gasteiger partial charge on any atom is -0.354 e. The second-order valence-electron chi connectivity index (χ2n) is 9.68. The normalized spacial score (nSPS) is 14.2. The summed E-state index contributed by atoms with van der Waals surface area (Å²) in [6.07, 6.45) is 8.94. The number of hydrogen-bond acceptors (Lipinski definition) is 6. The van der Waals surface area contributed by atoms with E-state index in [-0.39, 0.29) is 11.5 Å². The van der Waals surface area contributed by atoms with Gasteiger partial charge in [-0.2, -0.15) is 0 Å². The van der Waals surface area contributed by atoms with E-state index in [4.69, 9.17) is 9.51 Å². The molecule has 1 unspecified atom stereocenters. The Morgan fingerprint density at radius 3 is 2.64 bits per heavy atom. The van der Waals surface area contributed by atoms with E-state index in [1.807, 2.05) is 19.1 Å². The van der Waals surface area contributed by atoms with Crippen molar-refractivity contribution in [3.63, 3.8) is 0 Å². The summed E-state index contributed by atoms with van der Waals surface area (Å²) < 4.78 is 5.70. The molecule has 1 aliphatic carbocycles. The molecule has 0 aliphatic heterocycles. The zero-order chi connectivity index (χ0) is 25.1. The molecule has 3 aromatic heterocycles. The Bertz CT molecular complexity index is 1390. The second-order valence-corrected chi connectivity index (χ2v) is 9.68. The molecular weight excluding hydrogens is 450 g/mol. The lowest BCUT2D eigenvalue weighted by Crippen LogP contribution is -2.16. The minimum absolute atomic E-state index is 0.0337. The fourth-order valence-electron chi connectivity index (χ4n) is 4.57. The van der Waals surface area contributed by atoms with Crippen LogP contribution in [0, 0.1) is 6.92 Å². The first-order valence-corrected chi connectivity index (χ1v) is 12.9. The summed E-state index contributed by atoms with van der Waals surface area (Å²) in [5.41, 5.74) is 6.70. The van der Waals surface area contributed by atoms with Crippen LogP contribution >= 0.6 is 0 Å². The number of pyridine rings is 1. The molecule has 4 aromatic rings. The van der Waals surface area contributed by atoms with Gasteiger partial charge in [0.2, 0.25) is 0 Å². The molecule has 1 saturated carbocycles. The molecule has 0 spiro atoms. The number of H-pyrrole nitrogens is 1. The Morgan fingerprint density at radius 2 is 1.92 bits per heavy atom. The minimum atomic E-state index is -0.0337. The van der Waals surface area contributed by atoms with E-state index in [9.17, 15) is 4.79 Å². The summed E-state index contributed by atoms with van der Waals surface area (Å²) >= 11 is 0. The highest BCUT2D eigenvalue weighted by atomic mass is 16.5. The molecule has 5 rings (SSSR count). The lowest BCUT2D eigenvalue weighted by molar-refractivity contribution is 0.433. The van der Waals surface area contributed by atoms with Gasteiger partial charge in [0.25, 0.3) is 5.56 Å². The molecule has 186 valence electrons. The zero-order valence-electron chi connectivity index (χ0n) is 21.2. The maximum atomic E-state index is 12.5. The SMILES string of the molecule is CCCC(CC)c1cc(-c2cnc(C)c(-c3cc(-c4ccc(CNC5CC5)cc4)no3)n2)c[nH]c1=O. The van der Waals surface area contributed by atoms with E-state index < -0.39 is 0 Å². The van der Waals surface area contributed by atoms with Gasteiger partial charge in [-0.15, -0.1) is 0 Å². The summed E-state index contributed by atoms with van der Waals surface area (Å²) in [5.74, 6) is 0.794. The number of rotatable bonds is 10. The summed E-state index contributed by atoms with van der Waals surface area (Å²) in [6.45, 7) is 7.06. The van der Waals surface area contributed by atoms with Crippen LogP contribution in [0.4, 0.5) is 0 Å². The first kappa shape index (κ1) is 24.1. The fourth-order valence-corrected chi connectivity index (χ4v) is 4.57. The monoisotopic (exact) mass is 483 g/mol. The molecule has 1 fully saturated rings. The van der Waals surface area contributed by atoms with Crippen LogP contribution in [0.3, 0.4) is 0 Å². The van der Waals surface area contributed by atoms with Crippen LogP contribution in [0.25, 0.3) is 34.0 Å². The van der Waals surface area contributed by atoms with Crippen LogP contribution in [-0.2, 0) is 6.54 Å². The molecule has 7 heteroatoms. The molecular formula is C29H33N5O2. The Morgan fingerprint density at radius 1 is 1.11 bits per heavy atom. The molecule has 1 atom stereocenters. The van der Waals surface area contributed by atoms with Crippen LogP contribution < -0.4 is 10.9 Å². The van der Waals surface area contributed by atoms with Gasteiger partial charge in [-0.25, -0.2) is 4.98 Å². The molecule has 7 nitrogen and oxygen atoms in total. The van der Waals surface area contributed by atoms with Crippen molar-refractivity contribution in [3.05, 3.63) is 76.0 Å². The highest BCUT2D eigenvalue weighted by Crippen LogP contribution is 2.30. The summed E-state index contributed by atoms with van der Waals surface area (Å²) in [5, 5.41) is 7.83. The Labute approximate surface area is 211 Å². The van der Waals surface area contributed by atoms with Gasteiger partial charge in [0.15, 0.2) is 5.76 Å². The molecule has 2 N–H and O–H groups in total. The van der Waals surface area contributed by atoms with E-state index in [1.54, 1.807) is 12.4 Å². The summed E-state index contributed by atoms with van der Waals surface area (Å²) in [7, 11) is 0. The topological polar surface area (TPSA) is 96.7 Å². The van der Waals surface area contributed by atoms with Crippen molar-refractivity contribution in [1.82, 2.24) is 25.4 Å². The van der Waals surface area contributed by atoms with Gasteiger partial charge in [0.05, 0.1) is 17.6 Å². The van der Waals surface area contributed by atoms with Crippen LogP contribution in [0.5, 0.6) is 0 Å². The maximum Gasteiger partial charge on any atom is 0.251 e. The molecule has 0 radical (unpaired) electrons. The predicted molar refractivity (Wildman–Crippen MR) is 142 cm³/mol. The summed E-state index contributed by atoms with van der Waals surface area (Å²) in [4.78, 5) is 24.9. The number of nitrogens with one attached hydrogen (secondary N) is 2. The van der Waals surface area contributed by atoms with Gasteiger partial charge < -0.3 is 14.8 Å². The van der Waals surface area contributed by atoms with Crippen molar-refractivity contribution >= 4 is 0 Å². The van der Waals surface area contributed by atoms with Gasteiger partial charge in [0, 0.05) is 41.5 Å². The third-order valence-electron chi connectivity index (χ3n) is 6.92. The Kier molecular flexibility index (Phi) is 7.09. The lowest BCUT2D eigenvalue weighted by atomic mass is 9.92. The van der Waals surface area contributed by atoms with Crippen molar-refractivity contribution < 1.29 is 4.52 Å². The highest BCUT2D eigenvalue weighted by Gasteiger charge is 2.20. The fraction of sp³-hybridized carbons (Fsp3) is 0.379. The third-order valence-corrected chi connectivity index (χ3v) is 6.92. The number of nitrogens with zero attached hydrogens (tertiary/aromatic N) is 3. The molecule has 0 amide bonds. The van der Waals surface area contributed by atoms with Crippen molar-refractivity contribution in [2.75, 3.05) is 0 Å². The predicted octanol–water partition coefficient (Wildman–Crippen LogP) is 6.01. The Balaban J connectivity index is 1.40. The van der Waals surface area contributed by atoms with E-state index in [2.05, 4.69) is 58.6 Å². The molecule has 1 aliphatic rings. The van der Waals surface area contributed by atoms with Crippen LogP contribution in [0.1, 0.15) is 68.7 Å². The number of aromatic amines is 1. The van der Waals surface area contributed by atoms with E-state index in [0.717, 1.165) is 53.9 Å². The van der Waals surface area contributed by atoms with Crippen molar-refractivity contribution in [2.24, 2.45) is 0 Å². The highest BCUT2D eigenvalue weighted by molar-refractivity contribution is 5.68. The van der Waals surface area contributed by atoms with Gasteiger partial charge >= 0.3 is 0 Å². The van der Waals surface area contributed by atoms with Crippen molar-refractivity contribution in [3.8, 4) is 34.0 Å². The maximum absolute atomic E-state index is 12.5. The Hall–Kier alpha value is -3.58. The van der Waals surface area contributed by atoms with Crippen LogP contribution in [-0.4, -0.2) is 26.2 Å². The number of benzene rings is 1. The smallest absolute Gasteiger partial charge is 0.251 e. The van der Waals surface area contributed by atoms with Crippen molar-refractivity contribution in [1.29, 1.82) is 0 Å². The lowest BCUT2D eigenvalue weighted by Gasteiger charge is -2.14. The van der Waals surface area contributed by atoms with Crippen LogP contribution in [0.2, 0.25) is 0 Å². The van der Waals surface area contributed by atoms with Crippen molar-refractivity contribution in [2.45, 2.75) is 71.4 Å². The van der Waals surface area contributed by atoms with E-state index >= 15 is 0 Å².